The Morgan fingerprint density at radius 3 is 2.59 bits per heavy atom. The maximum absolute atomic E-state index is 11.1. The van der Waals surface area contributed by atoms with Crippen LogP contribution in [-0.4, -0.2) is 28.8 Å². The molecule has 1 saturated heterocycles. The topological polar surface area (TPSA) is 55.3 Å². The summed E-state index contributed by atoms with van der Waals surface area (Å²) in [6.07, 6.45) is 11.9. The molecule has 1 atom stereocenters. The molecule has 0 unspecified atom stereocenters. The van der Waals surface area contributed by atoms with Crippen molar-refractivity contribution in [2.24, 2.45) is 5.92 Å². The van der Waals surface area contributed by atoms with E-state index in [0.717, 1.165) is 24.5 Å². The van der Waals surface area contributed by atoms with Crippen LogP contribution in [0.2, 0.25) is 0 Å². The molecule has 3 rings (SSSR count). The van der Waals surface area contributed by atoms with Crippen LogP contribution in [-0.2, 0) is 4.79 Å². The van der Waals surface area contributed by atoms with Gasteiger partial charge < -0.3 is 14.4 Å². The molecular formula is C22H27N3O2. The number of piperidine rings is 1. The molecule has 2 aromatic heterocycles. The van der Waals surface area contributed by atoms with E-state index in [1.54, 1.807) is 19.3 Å². The van der Waals surface area contributed by atoms with Crippen molar-refractivity contribution in [1.82, 2.24) is 9.97 Å². The van der Waals surface area contributed by atoms with Crippen LogP contribution < -0.4 is 9.64 Å². The maximum atomic E-state index is 11.1. The predicted molar refractivity (Wildman–Crippen MR) is 108 cm³/mol. The number of aromatic nitrogens is 2. The fraction of sp³-hybridized carbons (Fsp3) is 0.409. The molecule has 27 heavy (non-hydrogen) atoms. The summed E-state index contributed by atoms with van der Waals surface area (Å²) in [5.74, 6) is 2.66. The van der Waals surface area contributed by atoms with Crippen molar-refractivity contribution < 1.29 is 9.53 Å². The van der Waals surface area contributed by atoms with Gasteiger partial charge in [0.05, 0.1) is 6.20 Å². The number of carbonyl (C=O) groups is 1. The van der Waals surface area contributed by atoms with Crippen molar-refractivity contribution in [1.29, 1.82) is 0 Å². The fourth-order valence-corrected chi connectivity index (χ4v) is 3.21. The first kappa shape index (κ1) is 19.1. The van der Waals surface area contributed by atoms with Crippen LogP contribution in [0.4, 0.5) is 5.82 Å². The highest BCUT2D eigenvalue weighted by Gasteiger charge is 2.12. The number of anilines is 1. The summed E-state index contributed by atoms with van der Waals surface area (Å²) < 4.78 is 5.79. The minimum absolute atomic E-state index is 0.203. The number of hydrogen-bond acceptors (Lipinski definition) is 5. The molecule has 0 bridgehead atoms. The lowest BCUT2D eigenvalue weighted by Gasteiger charge is -2.27. The van der Waals surface area contributed by atoms with Gasteiger partial charge in [-0.3, -0.25) is 0 Å². The van der Waals surface area contributed by atoms with Crippen molar-refractivity contribution in [3.63, 3.8) is 0 Å². The zero-order chi connectivity index (χ0) is 19.1. The summed E-state index contributed by atoms with van der Waals surface area (Å²) in [4.78, 5) is 22.3. The van der Waals surface area contributed by atoms with Gasteiger partial charge in [0.15, 0.2) is 0 Å². The van der Waals surface area contributed by atoms with Crippen LogP contribution in [0.15, 0.2) is 42.7 Å². The molecule has 0 aromatic carbocycles. The second kappa shape index (κ2) is 9.31. The van der Waals surface area contributed by atoms with Crippen LogP contribution in [0.3, 0.4) is 0 Å². The van der Waals surface area contributed by atoms with Gasteiger partial charge in [0.1, 0.15) is 17.4 Å². The van der Waals surface area contributed by atoms with E-state index in [0.29, 0.717) is 18.1 Å². The number of nitrogens with zero attached hydrogens (tertiary/aromatic N) is 3. The van der Waals surface area contributed by atoms with E-state index >= 15 is 0 Å². The Morgan fingerprint density at radius 2 is 1.96 bits per heavy atom. The first-order chi connectivity index (χ1) is 13.1. The molecule has 142 valence electrons. The number of rotatable bonds is 7. The third kappa shape index (κ3) is 5.91. The van der Waals surface area contributed by atoms with Crippen LogP contribution in [0.1, 0.15) is 45.1 Å². The summed E-state index contributed by atoms with van der Waals surface area (Å²) in [5.41, 5.74) is 0.983. The van der Waals surface area contributed by atoms with Crippen molar-refractivity contribution >= 4 is 17.7 Å². The zero-order valence-electron chi connectivity index (χ0n) is 16.1. The van der Waals surface area contributed by atoms with Crippen molar-refractivity contribution in [2.75, 3.05) is 18.0 Å². The second-order valence-corrected chi connectivity index (χ2v) is 7.17. The molecule has 0 aliphatic carbocycles. The summed E-state index contributed by atoms with van der Waals surface area (Å²) in [6.45, 7) is 5.80. The van der Waals surface area contributed by atoms with E-state index in [1.165, 1.54) is 19.3 Å². The average Bonchev–Trinajstić information content (AvgIpc) is 2.68. The Balaban J connectivity index is 1.56. The van der Waals surface area contributed by atoms with Gasteiger partial charge in [0, 0.05) is 31.8 Å². The quantitative estimate of drug-likeness (QED) is 0.699. The number of ether oxygens (including phenoxy) is 1. The van der Waals surface area contributed by atoms with Gasteiger partial charge in [-0.1, -0.05) is 19.1 Å². The number of Topliss-reactive ketones (excluding diaryl/α,β-unsaturated/α-hetero) is 1. The molecular weight excluding hydrogens is 338 g/mol. The fourth-order valence-electron chi connectivity index (χ4n) is 3.21. The van der Waals surface area contributed by atoms with Crippen LogP contribution in [0.25, 0.3) is 6.08 Å². The van der Waals surface area contributed by atoms with Gasteiger partial charge in [-0.05, 0) is 55.9 Å². The van der Waals surface area contributed by atoms with Gasteiger partial charge >= 0.3 is 0 Å². The summed E-state index contributed by atoms with van der Waals surface area (Å²) >= 11 is 0. The molecule has 5 nitrogen and oxygen atoms in total. The van der Waals surface area contributed by atoms with Gasteiger partial charge in [0.2, 0.25) is 5.88 Å². The highest BCUT2D eigenvalue weighted by Crippen LogP contribution is 2.23. The van der Waals surface area contributed by atoms with Gasteiger partial charge in [0.25, 0.3) is 0 Å². The standard InChI is InChI=1S/C22H27N3O2/c1-17(14-18(2)26)6-7-19-8-11-22(24-15-19)27-20-9-10-21(23-16-20)25-12-4-3-5-13-25/h6-11,15-17H,3-5,12-14H2,1-2H3/b7-6+/t17-/m0/s1. The molecule has 0 N–H and O–H groups in total. The minimum atomic E-state index is 0.203. The van der Waals surface area contributed by atoms with E-state index in [9.17, 15) is 4.79 Å². The SMILES string of the molecule is CC(=O)C[C@@H](C)/C=C/c1ccc(Oc2ccc(N3CCCCC3)nc2)nc1. The maximum Gasteiger partial charge on any atom is 0.219 e. The number of carbonyl (C=O) groups excluding carboxylic acids is 1. The lowest BCUT2D eigenvalue weighted by Crippen LogP contribution is -2.29. The highest BCUT2D eigenvalue weighted by atomic mass is 16.5. The molecule has 0 saturated carbocycles. The lowest BCUT2D eigenvalue weighted by molar-refractivity contribution is -0.117. The summed E-state index contributed by atoms with van der Waals surface area (Å²) in [7, 11) is 0. The predicted octanol–water partition coefficient (Wildman–Crippen LogP) is 4.89. The Kier molecular flexibility index (Phi) is 6.58. The summed E-state index contributed by atoms with van der Waals surface area (Å²) in [5, 5.41) is 0. The Morgan fingerprint density at radius 1 is 1.15 bits per heavy atom. The van der Waals surface area contributed by atoms with Crippen LogP contribution in [0.5, 0.6) is 11.6 Å². The zero-order valence-corrected chi connectivity index (χ0v) is 16.1. The number of allylic oxidation sites excluding steroid dienone is 1. The number of hydrogen-bond donors (Lipinski definition) is 0. The van der Waals surface area contributed by atoms with E-state index in [2.05, 4.69) is 14.9 Å². The molecule has 2 aromatic rings. The van der Waals surface area contributed by atoms with Gasteiger partial charge in [-0.2, -0.15) is 0 Å². The monoisotopic (exact) mass is 365 g/mol. The molecule has 5 heteroatoms. The van der Waals surface area contributed by atoms with Crippen LogP contribution >= 0.6 is 0 Å². The lowest BCUT2D eigenvalue weighted by atomic mass is 10.0. The molecule has 0 radical (unpaired) electrons. The third-order valence-corrected chi connectivity index (χ3v) is 4.61. The highest BCUT2D eigenvalue weighted by molar-refractivity contribution is 5.76. The Hall–Kier alpha value is -2.69. The van der Waals surface area contributed by atoms with Crippen LogP contribution in [0, 0.1) is 5.92 Å². The first-order valence-electron chi connectivity index (χ1n) is 9.63. The first-order valence-corrected chi connectivity index (χ1v) is 9.63. The Bertz CT molecular complexity index is 763. The van der Waals surface area contributed by atoms with Crippen molar-refractivity contribution in [3.05, 3.63) is 48.3 Å². The van der Waals surface area contributed by atoms with Crippen molar-refractivity contribution in [2.45, 2.75) is 39.5 Å². The summed E-state index contributed by atoms with van der Waals surface area (Å²) in [6, 6.07) is 7.74. The molecule has 3 heterocycles. The molecule has 1 aliphatic heterocycles. The van der Waals surface area contributed by atoms with Gasteiger partial charge in [-0.25, -0.2) is 9.97 Å². The molecule has 1 aliphatic rings. The van der Waals surface area contributed by atoms with E-state index in [4.69, 9.17) is 4.74 Å². The Labute approximate surface area is 161 Å². The molecule has 0 spiro atoms. The van der Waals surface area contributed by atoms with E-state index < -0.39 is 0 Å². The van der Waals surface area contributed by atoms with Gasteiger partial charge in [-0.15, -0.1) is 0 Å². The number of pyridine rings is 2. The minimum Gasteiger partial charge on any atom is -0.437 e. The average molecular weight is 365 g/mol. The van der Waals surface area contributed by atoms with E-state index in [1.807, 2.05) is 43.3 Å². The largest absolute Gasteiger partial charge is 0.437 e. The normalized spacial score (nSPS) is 15.7. The van der Waals surface area contributed by atoms with Crippen molar-refractivity contribution in [3.8, 4) is 11.6 Å². The smallest absolute Gasteiger partial charge is 0.219 e. The molecule has 0 amide bonds. The van der Waals surface area contributed by atoms with E-state index in [-0.39, 0.29) is 11.7 Å². The molecule has 1 fully saturated rings. The number of ketones is 1. The second-order valence-electron chi connectivity index (χ2n) is 7.17. The third-order valence-electron chi connectivity index (χ3n) is 4.61.